The number of allylic oxidation sites excluding steroid dienone is 1. The third-order valence-electron chi connectivity index (χ3n) is 12.7. The van der Waals surface area contributed by atoms with Crippen LogP contribution in [0, 0.1) is 5.92 Å². The van der Waals surface area contributed by atoms with Gasteiger partial charge >= 0.3 is 12.2 Å². The van der Waals surface area contributed by atoms with E-state index in [1.54, 1.807) is 0 Å². The predicted molar refractivity (Wildman–Crippen MR) is 240 cm³/mol. The van der Waals surface area contributed by atoms with Crippen molar-refractivity contribution < 1.29 is 33.4 Å². The van der Waals surface area contributed by atoms with Gasteiger partial charge in [0.15, 0.2) is 6.73 Å². The standard InChI is InChI=1S/C47H62N8O7/c1-8-10-13-35(51-46(58)60-6)44(56)53-20-11-14-37(53)29(5)48-25-30(9-2)31-17-19-38-33(22-31)23-40-34-18-16-32(24-41(34)62-27-55(38)40)36-26-49-43(50-36)39-15-12-21-54(39)45(57)42(28(3)4)52-47(59)61-7/h16-19,22-26,28,35,37,39,42-43,49-50H,8-15,20-21,27H2,1-7H3,(H,51,58)(H,52,59)/b30-25+,48-29+/t35-,37+,39+,42+,43?/m1/s1. The Morgan fingerprint density at radius 2 is 1.71 bits per heavy atom. The van der Waals surface area contributed by atoms with Gasteiger partial charge in [0.05, 0.1) is 43.2 Å². The van der Waals surface area contributed by atoms with Crippen LogP contribution in [0.5, 0.6) is 5.75 Å². The van der Waals surface area contributed by atoms with Crippen molar-refractivity contribution in [2.75, 3.05) is 27.3 Å². The van der Waals surface area contributed by atoms with Crippen LogP contribution in [0.25, 0.3) is 33.4 Å². The molecule has 0 radical (unpaired) electrons. The molecule has 0 bridgehead atoms. The van der Waals surface area contributed by atoms with E-state index in [-0.39, 0.29) is 36.0 Å². The van der Waals surface area contributed by atoms with Gasteiger partial charge < -0.3 is 49.8 Å². The van der Waals surface area contributed by atoms with Crippen LogP contribution in [0.1, 0.15) is 97.1 Å². The fourth-order valence-electron chi connectivity index (χ4n) is 9.24. The van der Waals surface area contributed by atoms with E-state index < -0.39 is 24.3 Å². The quantitative estimate of drug-likeness (QED) is 0.125. The molecule has 5 atom stereocenters. The number of benzene rings is 2. The molecule has 7 rings (SSSR count). The van der Waals surface area contributed by atoms with E-state index in [1.165, 1.54) is 14.2 Å². The Kier molecular flexibility index (Phi) is 13.8. The molecule has 0 saturated carbocycles. The number of nitrogens with zero attached hydrogens (tertiary/aromatic N) is 4. The molecule has 4 N–H and O–H groups in total. The Hall–Kier alpha value is -5.99. The van der Waals surface area contributed by atoms with Gasteiger partial charge in [0.2, 0.25) is 11.8 Å². The molecule has 332 valence electrons. The number of hydrogen-bond donors (Lipinski definition) is 4. The lowest BCUT2D eigenvalue weighted by Gasteiger charge is -2.34. The van der Waals surface area contributed by atoms with Gasteiger partial charge in [-0.3, -0.25) is 14.6 Å². The van der Waals surface area contributed by atoms with Crippen LogP contribution in [0.2, 0.25) is 0 Å². The summed E-state index contributed by atoms with van der Waals surface area (Å²) in [5.74, 6) is 0.509. The van der Waals surface area contributed by atoms with E-state index in [1.807, 2.05) is 43.0 Å². The summed E-state index contributed by atoms with van der Waals surface area (Å²) in [7, 11) is 2.61. The second-order valence-electron chi connectivity index (χ2n) is 17.0. The molecule has 1 aromatic heterocycles. The van der Waals surface area contributed by atoms with E-state index in [4.69, 9.17) is 19.2 Å². The number of likely N-dealkylation sites (tertiary alicyclic amines) is 2. The lowest BCUT2D eigenvalue weighted by Crippen LogP contribution is -2.57. The summed E-state index contributed by atoms with van der Waals surface area (Å²) >= 11 is 0. The van der Waals surface area contributed by atoms with Crippen LogP contribution in [-0.2, 0) is 25.8 Å². The molecule has 0 spiro atoms. The van der Waals surface area contributed by atoms with Gasteiger partial charge in [-0.25, -0.2) is 9.59 Å². The Labute approximate surface area is 364 Å². The Morgan fingerprint density at radius 3 is 2.45 bits per heavy atom. The molecule has 4 aliphatic heterocycles. The third-order valence-corrected chi connectivity index (χ3v) is 12.7. The molecule has 2 fully saturated rings. The molecule has 15 heteroatoms. The fraction of sp³-hybridized carbons (Fsp3) is 0.511. The minimum Gasteiger partial charge on any atom is -0.472 e. The van der Waals surface area contributed by atoms with Crippen LogP contribution in [0.15, 0.2) is 59.9 Å². The number of alkyl carbamates (subject to hydrolysis) is 2. The van der Waals surface area contributed by atoms with Gasteiger partial charge in [-0.05, 0) is 92.8 Å². The van der Waals surface area contributed by atoms with Crippen molar-refractivity contribution in [1.82, 2.24) is 35.6 Å². The van der Waals surface area contributed by atoms with Crippen LogP contribution in [0.4, 0.5) is 9.59 Å². The average molecular weight is 851 g/mol. The normalized spacial score (nSPS) is 20.7. The van der Waals surface area contributed by atoms with E-state index in [2.05, 4.69) is 82.1 Å². The van der Waals surface area contributed by atoms with Crippen molar-refractivity contribution in [2.24, 2.45) is 10.9 Å². The number of rotatable bonds is 14. The molecule has 2 aromatic carbocycles. The lowest BCUT2D eigenvalue weighted by molar-refractivity contribution is -0.136. The highest BCUT2D eigenvalue weighted by atomic mass is 16.5. The van der Waals surface area contributed by atoms with Crippen LogP contribution in [-0.4, -0.2) is 102 Å². The smallest absolute Gasteiger partial charge is 0.407 e. The highest BCUT2D eigenvalue weighted by molar-refractivity contribution is 5.95. The molecule has 62 heavy (non-hydrogen) atoms. The maximum atomic E-state index is 13.7. The van der Waals surface area contributed by atoms with Crippen molar-refractivity contribution in [3.05, 3.63) is 66.0 Å². The number of aliphatic imine (C=N–C) groups is 1. The van der Waals surface area contributed by atoms with E-state index >= 15 is 0 Å². The maximum absolute atomic E-state index is 13.7. The average Bonchev–Trinajstić information content (AvgIpc) is 4.12. The fourth-order valence-corrected chi connectivity index (χ4v) is 9.24. The molecule has 1 unspecified atom stereocenters. The van der Waals surface area contributed by atoms with Crippen LogP contribution in [0.3, 0.4) is 0 Å². The number of nitrogens with one attached hydrogen (secondary N) is 4. The Bertz CT molecular complexity index is 2260. The molecule has 3 aromatic rings. The Balaban J connectivity index is 1.04. The molecular formula is C47H62N8O7. The van der Waals surface area contributed by atoms with Crippen molar-refractivity contribution in [2.45, 2.75) is 123 Å². The summed E-state index contributed by atoms with van der Waals surface area (Å²) in [6.45, 7) is 11.6. The number of hydrogen-bond acceptors (Lipinski definition) is 10. The van der Waals surface area contributed by atoms with Gasteiger partial charge in [0.1, 0.15) is 24.0 Å². The first-order valence-corrected chi connectivity index (χ1v) is 22.1. The number of amides is 4. The predicted octanol–water partition coefficient (Wildman–Crippen LogP) is 6.96. The van der Waals surface area contributed by atoms with Gasteiger partial charge in [0.25, 0.3) is 0 Å². The summed E-state index contributed by atoms with van der Waals surface area (Å²) in [6, 6.07) is 13.4. The van der Waals surface area contributed by atoms with Crippen LogP contribution < -0.4 is 26.0 Å². The second-order valence-corrected chi connectivity index (χ2v) is 17.0. The van der Waals surface area contributed by atoms with E-state index in [0.29, 0.717) is 26.2 Å². The summed E-state index contributed by atoms with van der Waals surface area (Å²) in [5.41, 5.74) is 8.10. The summed E-state index contributed by atoms with van der Waals surface area (Å²) in [4.78, 5) is 60.2. The van der Waals surface area contributed by atoms with Crippen molar-refractivity contribution in [1.29, 1.82) is 0 Å². The highest BCUT2D eigenvalue weighted by Crippen LogP contribution is 2.40. The van der Waals surface area contributed by atoms with Crippen molar-refractivity contribution in [3.8, 4) is 17.0 Å². The number of ether oxygens (including phenoxy) is 3. The number of fused-ring (bicyclic) bond motifs is 5. The number of unbranched alkanes of at least 4 members (excludes halogenated alkanes) is 1. The molecule has 4 aliphatic rings. The molecule has 4 amide bonds. The molecule has 5 heterocycles. The van der Waals surface area contributed by atoms with Gasteiger partial charge in [0, 0.05) is 47.7 Å². The largest absolute Gasteiger partial charge is 0.472 e. The van der Waals surface area contributed by atoms with Crippen molar-refractivity contribution >= 4 is 51.9 Å². The monoisotopic (exact) mass is 850 g/mol. The molecule has 0 aliphatic carbocycles. The first-order chi connectivity index (χ1) is 30.0. The minimum atomic E-state index is -0.674. The molecule has 2 saturated heterocycles. The second kappa shape index (κ2) is 19.4. The lowest BCUT2D eigenvalue weighted by atomic mass is 10.0. The van der Waals surface area contributed by atoms with Gasteiger partial charge in [-0.2, -0.15) is 0 Å². The highest BCUT2D eigenvalue weighted by Gasteiger charge is 2.41. The zero-order valence-electron chi connectivity index (χ0n) is 37.1. The van der Waals surface area contributed by atoms with Gasteiger partial charge in [-0.1, -0.05) is 52.7 Å². The van der Waals surface area contributed by atoms with Crippen molar-refractivity contribution in [3.63, 3.8) is 0 Å². The molecule has 15 nitrogen and oxygen atoms in total. The summed E-state index contributed by atoms with van der Waals surface area (Å²) < 4.78 is 18.2. The number of aromatic nitrogens is 1. The SMILES string of the molecule is CCCC[C@@H](NC(=O)OC)C(=O)N1CCC[C@H]1/C(C)=N/C=C(\CC)c1ccc2c(c1)cc1n2COc2cc(C3=CNC([C@@H]4CCCN4C(=O)[C@@H](NC(=O)OC)C(C)C)N3)ccc2-1. The maximum Gasteiger partial charge on any atom is 0.407 e. The third kappa shape index (κ3) is 9.12. The minimum absolute atomic E-state index is 0.0858. The van der Waals surface area contributed by atoms with E-state index in [0.717, 1.165) is 101 Å². The Morgan fingerprint density at radius 1 is 0.952 bits per heavy atom. The first kappa shape index (κ1) is 44.1. The number of carbonyl (C=O) groups is 4. The van der Waals surface area contributed by atoms with Gasteiger partial charge in [-0.15, -0.1) is 0 Å². The number of methoxy groups -OCH3 is 2. The zero-order valence-corrected chi connectivity index (χ0v) is 37.1. The summed E-state index contributed by atoms with van der Waals surface area (Å²) in [5, 5.41) is 13.7. The topological polar surface area (TPSA) is 168 Å². The first-order valence-electron chi connectivity index (χ1n) is 22.1. The molecular weight excluding hydrogens is 789 g/mol. The zero-order chi connectivity index (χ0) is 44.1. The number of carbonyl (C=O) groups excluding carboxylic acids is 4. The summed E-state index contributed by atoms with van der Waals surface area (Å²) in [6.07, 6.45) is 9.02. The van der Waals surface area contributed by atoms with Crippen LogP contribution >= 0.6 is 0 Å². The van der Waals surface area contributed by atoms with E-state index in [9.17, 15) is 19.2 Å².